The maximum Gasteiger partial charge on any atom is 0.234 e. The van der Waals surface area contributed by atoms with E-state index in [4.69, 9.17) is 0 Å². The molecule has 0 aliphatic heterocycles. The van der Waals surface area contributed by atoms with Crippen molar-refractivity contribution in [2.75, 3.05) is 0 Å². The number of aromatic nitrogens is 5. The number of nitrogens with zero attached hydrogens (tertiary/aromatic N) is 5. The minimum atomic E-state index is -0.270. The number of rotatable bonds is 6. The van der Waals surface area contributed by atoms with Crippen molar-refractivity contribution < 1.29 is 4.79 Å². The normalized spacial score (nSPS) is 13.1. The standard InChI is InChI=1S/C16H24N6OS/c1-11(2)13(14(23)18-10-12-7-6-8-17-9-12)24-15-19-20-21-22(15)16(3,4)5/h6-9,11,13H,10H2,1-5H3,(H,18,23)/t13-/m1/s1. The lowest BCUT2D eigenvalue weighted by atomic mass is 10.1. The van der Waals surface area contributed by atoms with E-state index in [1.165, 1.54) is 11.8 Å². The molecule has 0 bridgehead atoms. The van der Waals surface area contributed by atoms with E-state index in [9.17, 15) is 4.79 Å². The highest BCUT2D eigenvalue weighted by molar-refractivity contribution is 8.00. The van der Waals surface area contributed by atoms with Gasteiger partial charge in [0.05, 0.1) is 10.8 Å². The average molecular weight is 348 g/mol. The number of carbonyl (C=O) groups excluding carboxylic acids is 1. The van der Waals surface area contributed by atoms with Crippen molar-refractivity contribution in [3.63, 3.8) is 0 Å². The molecular formula is C16H24N6OS. The van der Waals surface area contributed by atoms with Gasteiger partial charge in [-0.2, -0.15) is 0 Å². The summed E-state index contributed by atoms with van der Waals surface area (Å²) in [6.45, 7) is 10.6. The molecule has 0 radical (unpaired) electrons. The quantitative estimate of drug-likeness (QED) is 0.806. The first-order valence-corrected chi connectivity index (χ1v) is 8.79. The van der Waals surface area contributed by atoms with Crippen LogP contribution in [0.1, 0.15) is 40.2 Å². The Morgan fingerprint density at radius 1 is 1.38 bits per heavy atom. The Morgan fingerprint density at radius 3 is 2.71 bits per heavy atom. The summed E-state index contributed by atoms with van der Waals surface area (Å²) in [6.07, 6.45) is 3.46. The van der Waals surface area contributed by atoms with Crippen LogP contribution in [0.25, 0.3) is 0 Å². The first-order valence-electron chi connectivity index (χ1n) is 7.91. The summed E-state index contributed by atoms with van der Waals surface area (Å²) in [4.78, 5) is 16.7. The van der Waals surface area contributed by atoms with Crippen LogP contribution in [0.15, 0.2) is 29.7 Å². The molecule has 0 saturated heterocycles. The molecule has 1 N–H and O–H groups in total. The molecule has 130 valence electrons. The first-order chi connectivity index (χ1) is 11.3. The van der Waals surface area contributed by atoms with Crippen molar-refractivity contribution in [2.24, 2.45) is 5.92 Å². The van der Waals surface area contributed by atoms with Gasteiger partial charge in [0.1, 0.15) is 0 Å². The van der Waals surface area contributed by atoms with E-state index < -0.39 is 0 Å². The van der Waals surface area contributed by atoms with Gasteiger partial charge in [0.15, 0.2) is 0 Å². The van der Waals surface area contributed by atoms with Crippen LogP contribution < -0.4 is 5.32 Å². The topological polar surface area (TPSA) is 85.6 Å². The smallest absolute Gasteiger partial charge is 0.234 e. The van der Waals surface area contributed by atoms with Crippen molar-refractivity contribution >= 4 is 17.7 Å². The van der Waals surface area contributed by atoms with Crippen molar-refractivity contribution in [3.8, 4) is 0 Å². The Morgan fingerprint density at radius 2 is 2.12 bits per heavy atom. The number of nitrogens with one attached hydrogen (secondary N) is 1. The Balaban J connectivity index is 2.07. The lowest BCUT2D eigenvalue weighted by Gasteiger charge is -2.23. The van der Waals surface area contributed by atoms with Crippen LogP contribution in [0.3, 0.4) is 0 Å². The van der Waals surface area contributed by atoms with E-state index in [1.807, 2.05) is 46.8 Å². The third-order valence-corrected chi connectivity index (χ3v) is 4.84. The molecule has 0 fully saturated rings. The number of hydrogen-bond donors (Lipinski definition) is 1. The van der Waals surface area contributed by atoms with Gasteiger partial charge in [0.2, 0.25) is 11.1 Å². The molecule has 0 spiro atoms. The monoisotopic (exact) mass is 348 g/mol. The molecule has 2 heterocycles. The van der Waals surface area contributed by atoms with Crippen LogP contribution in [-0.2, 0) is 16.9 Å². The summed E-state index contributed by atoms with van der Waals surface area (Å²) in [5.74, 6) is 0.122. The molecule has 8 heteroatoms. The molecule has 1 atom stereocenters. The lowest BCUT2D eigenvalue weighted by Crippen LogP contribution is -2.36. The zero-order valence-electron chi connectivity index (χ0n) is 14.7. The molecule has 0 aliphatic carbocycles. The molecular weight excluding hydrogens is 324 g/mol. The van der Waals surface area contributed by atoms with Gasteiger partial charge in [-0.1, -0.05) is 31.7 Å². The fraction of sp³-hybridized carbons (Fsp3) is 0.562. The SMILES string of the molecule is CC(C)[C@@H](Sc1nnnn1C(C)(C)C)C(=O)NCc1cccnc1. The highest BCUT2D eigenvalue weighted by Gasteiger charge is 2.28. The van der Waals surface area contributed by atoms with Crippen LogP contribution in [0.5, 0.6) is 0 Å². The van der Waals surface area contributed by atoms with Crippen LogP contribution in [-0.4, -0.2) is 36.3 Å². The number of amides is 1. The fourth-order valence-corrected chi connectivity index (χ4v) is 3.26. The largest absolute Gasteiger partial charge is 0.351 e. The van der Waals surface area contributed by atoms with Gasteiger partial charge >= 0.3 is 0 Å². The summed E-state index contributed by atoms with van der Waals surface area (Å²) >= 11 is 1.40. The Bertz CT molecular complexity index is 665. The van der Waals surface area contributed by atoms with Crippen molar-refractivity contribution in [2.45, 2.75) is 57.1 Å². The minimum Gasteiger partial charge on any atom is -0.351 e. The van der Waals surface area contributed by atoms with Crippen molar-refractivity contribution in [1.29, 1.82) is 0 Å². The molecule has 0 saturated carbocycles. The van der Waals surface area contributed by atoms with Gasteiger partial charge in [0.25, 0.3) is 0 Å². The summed E-state index contributed by atoms with van der Waals surface area (Å²) in [5.41, 5.74) is 0.734. The summed E-state index contributed by atoms with van der Waals surface area (Å²) in [6, 6.07) is 3.79. The summed E-state index contributed by atoms with van der Waals surface area (Å²) in [5, 5.41) is 15.2. The molecule has 0 aliphatic rings. The first kappa shape index (κ1) is 18.4. The molecule has 1 amide bonds. The number of tetrazole rings is 1. The van der Waals surface area contributed by atoms with Gasteiger partial charge in [-0.25, -0.2) is 4.68 Å². The van der Waals surface area contributed by atoms with E-state index in [1.54, 1.807) is 17.1 Å². The number of pyridine rings is 1. The number of carbonyl (C=O) groups is 1. The second-order valence-corrected chi connectivity index (χ2v) is 8.01. The lowest BCUT2D eigenvalue weighted by molar-refractivity contribution is -0.121. The molecule has 0 aromatic carbocycles. The van der Waals surface area contributed by atoms with Gasteiger partial charge < -0.3 is 5.32 Å². The third-order valence-electron chi connectivity index (χ3n) is 3.36. The zero-order valence-corrected chi connectivity index (χ0v) is 15.5. The Hall–Kier alpha value is -1.96. The molecule has 24 heavy (non-hydrogen) atoms. The molecule has 2 aromatic heterocycles. The highest BCUT2D eigenvalue weighted by Crippen LogP contribution is 2.29. The maximum atomic E-state index is 12.6. The second kappa shape index (κ2) is 7.74. The van der Waals surface area contributed by atoms with Crippen LogP contribution in [0.2, 0.25) is 0 Å². The van der Waals surface area contributed by atoms with E-state index in [-0.39, 0.29) is 22.6 Å². The van der Waals surface area contributed by atoms with Gasteiger partial charge in [-0.05, 0) is 48.7 Å². The van der Waals surface area contributed by atoms with Crippen LogP contribution >= 0.6 is 11.8 Å². The van der Waals surface area contributed by atoms with Crippen molar-refractivity contribution in [1.82, 2.24) is 30.5 Å². The Labute approximate surface area is 146 Å². The fourth-order valence-electron chi connectivity index (χ4n) is 2.07. The number of hydrogen-bond acceptors (Lipinski definition) is 6. The molecule has 2 rings (SSSR count). The van der Waals surface area contributed by atoms with E-state index in [2.05, 4.69) is 25.8 Å². The second-order valence-electron chi connectivity index (χ2n) is 6.91. The van der Waals surface area contributed by atoms with Gasteiger partial charge in [0, 0.05) is 18.9 Å². The zero-order chi connectivity index (χ0) is 17.7. The predicted octanol–water partition coefficient (Wildman–Crippen LogP) is 2.26. The molecule has 0 unspecified atom stereocenters. The maximum absolute atomic E-state index is 12.6. The number of thioether (sulfide) groups is 1. The van der Waals surface area contributed by atoms with Crippen LogP contribution in [0.4, 0.5) is 0 Å². The predicted molar refractivity (Wildman–Crippen MR) is 93.4 cm³/mol. The minimum absolute atomic E-state index is 0.0256. The summed E-state index contributed by atoms with van der Waals surface area (Å²) < 4.78 is 1.75. The molecule has 2 aromatic rings. The van der Waals surface area contributed by atoms with Gasteiger partial charge in [-0.3, -0.25) is 9.78 Å². The van der Waals surface area contributed by atoms with E-state index in [0.717, 1.165) is 5.56 Å². The van der Waals surface area contributed by atoms with E-state index in [0.29, 0.717) is 11.7 Å². The molecule has 7 nitrogen and oxygen atoms in total. The van der Waals surface area contributed by atoms with Gasteiger partial charge in [-0.15, -0.1) is 5.10 Å². The van der Waals surface area contributed by atoms with Crippen LogP contribution in [0, 0.1) is 5.92 Å². The third kappa shape index (κ3) is 4.77. The van der Waals surface area contributed by atoms with Crippen molar-refractivity contribution in [3.05, 3.63) is 30.1 Å². The van der Waals surface area contributed by atoms with E-state index >= 15 is 0 Å². The highest BCUT2D eigenvalue weighted by atomic mass is 32.2. The summed E-state index contributed by atoms with van der Waals surface area (Å²) in [7, 11) is 0. The Kier molecular flexibility index (Phi) is 5.93. The average Bonchev–Trinajstić information content (AvgIpc) is 2.99.